The van der Waals surface area contributed by atoms with E-state index >= 15 is 0 Å². The number of ether oxygens (including phenoxy) is 1. The molecule has 0 aliphatic heterocycles. The lowest BCUT2D eigenvalue weighted by Crippen LogP contribution is -2.57. The maximum Gasteiger partial charge on any atom is 0.408 e. The van der Waals surface area contributed by atoms with E-state index < -0.39 is 47.9 Å². The summed E-state index contributed by atoms with van der Waals surface area (Å²) in [5, 5.41) is 15.8. The molecule has 4 amide bonds. The maximum atomic E-state index is 14.2. The molecule has 40 heavy (non-hydrogen) atoms. The topological polar surface area (TPSA) is 151 Å². The van der Waals surface area contributed by atoms with Crippen molar-refractivity contribution >= 4 is 41.1 Å². The molecule has 5 N–H and O–H groups in total. The number of nitrogens with one attached hydrogen (secondary N) is 2. The zero-order valence-electron chi connectivity index (χ0n) is 23.4. The van der Waals surface area contributed by atoms with E-state index in [2.05, 4.69) is 10.6 Å². The van der Waals surface area contributed by atoms with Gasteiger partial charge in [-0.3, -0.25) is 14.4 Å². The van der Waals surface area contributed by atoms with E-state index in [1.54, 1.807) is 65.0 Å². The quantitative estimate of drug-likeness (QED) is 0.347. The zero-order chi connectivity index (χ0) is 29.8. The first-order chi connectivity index (χ1) is 18.7. The van der Waals surface area contributed by atoms with E-state index in [9.17, 15) is 24.3 Å². The number of hydrogen-bond acceptors (Lipinski definition) is 6. The number of para-hydroxylation sites is 1. The summed E-state index contributed by atoms with van der Waals surface area (Å²) >= 11 is 6.39. The normalized spacial score (nSPS) is 14.8. The fraction of sp³-hybridized carbons (Fsp3) is 0.448. The van der Waals surface area contributed by atoms with Gasteiger partial charge in [0.05, 0.1) is 17.1 Å². The Morgan fingerprint density at radius 3 is 2.33 bits per heavy atom. The molecule has 2 aromatic carbocycles. The summed E-state index contributed by atoms with van der Waals surface area (Å²) in [5.74, 6) is -1.98. The molecular weight excluding hydrogens is 536 g/mol. The molecule has 10 nitrogen and oxygen atoms in total. The highest BCUT2D eigenvalue weighted by Crippen LogP contribution is 2.36. The number of benzene rings is 2. The summed E-state index contributed by atoms with van der Waals surface area (Å²) in [6.07, 6.45) is 0.684. The molecule has 2 atom stereocenters. The number of aryl methyl sites for hydroxylation is 2. The minimum absolute atomic E-state index is 0.0320. The third kappa shape index (κ3) is 7.65. The lowest BCUT2D eigenvalue weighted by molar-refractivity contribution is -0.146. The predicted octanol–water partition coefficient (Wildman–Crippen LogP) is 4.49. The fourth-order valence-electron chi connectivity index (χ4n) is 4.48. The molecule has 1 fully saturated rings. The van der Waals surface area contributed by atoms with E-state index in [-0.39, 0.29) is 11.8 Å². The molecule has 3 rings (SSSR count). The fourth-order valence-corrected chi connectivity index (χ4v) is 4.75. The highest BCUT2D eigenvalue weighted by molar-refractivity contribution is 6.34. The Balaban J connectivity index is 2.09. The van der Waals surface area contributed by atoms with Crippen LogP contribution in [0.1, 0.15) is 69.2 Å². The van der Waals surface area contributed by atoms with Crippen LogP contribution in [-0.2, 0) is 19.1 Å². The van der Waals surface area contributed by atoms with Gasteiger partial charge in [-0.15, -0.1) is 0 Å². The number of phenols is 1. The number of primary amides is 1. The molecule has 2 aromatic rings. The largest absolute Gasteiger partial charge is 0.508 e. The van der Waals surface area contributed by atoms with Crippen molar-refractivity contribution in [1.82, 2.24) is 10.2 Å². The monoisotopic (exact) mass is 572 g/mol. The average Bonchev–Trinajstić information content (AvgIpc) is 2.79. The van der Waals surface area contributed by atoms with Crippen LogP contribution in [0.15, 0.2) is 36.4 Å². The van der Waals surface area contributed by atoms with Crippen molar-refractivity contribution in [2.45, 2.75) is 84.0 Å². The van der Waals surface area contributed by atoms with Gasteiger partial charge in [0, 0.05) is 6.04 Å². The summed E-state index contributed by atoms with van der Waals surface area (Å²) < 4.78 is 5.31. The first-order valence-electron chi connectivity index (χ1n) is 13.1. The number of aromatic hydroxyl groups is 1. The predicted molar refractivity (Wildman–Crippen MR) is 152 cm³/mol. The second-order valence-electron chi connectivity index (χ2n) is 11.1. The first-order valence-corrected chi connectivity index (χ1v) is 13.5. The van der Waals surface area contributed by atoms with Gasteiger partial charge in [0.2, 0.25) is 11.8 Å². The number of alkyl carbamates (subject to hydrolysis) is 1. The Kier molecular flexibility index (Phi) is 9.68. The molecule has 1 aliphatic carbocycles. The standard InChI is InChI=1S/C29H37ClN4O6/c1-16-8-6-11-20(30)24(16)33-26(37)25(18-12-13-22(35)17(2)14-18)34(19-9-7-10-19)27(38)21(15-23(31)36)32-28(39)40-29(3,4)5/h6,8,11-14,19,21,25,35H,7,9-10,15H2,1-5H3,(H2,31,36)(H,32,39)(H,33,37). The lowest BCUT2D eigenvalue weighted by atomic mass is 9.87. The van der Waals surface area contributed by atoms with E-state index in [1.807, 2.05) is 0 Å². The summed E-state index contributed by atoms with van der Waals surface area (Å²) in [7, 11) is 0. The third-order valence-electron chi connectivity index (χ3n) is 6.65. The Hall–Kier alpha value is -3.79. The number of anilines is 1. The van der Waals surface area contributed by atoms with Crippen molar-refractivity contribution < 1.29 is 29.0 Å². The van der Waals surface area contributed by atoms with Gasteiger partial charge in [0.25, 0.3) is 5.91 Å². The molecule has 1 saturated carbocycles. The molecule has 1 aliphatic rings. The summed E-state index contributed by atoms with van der Waals surface area (Å²) in [5.41, 5.74) is 6.67. The minimum atomic E-state index is -1.37. The van der Waals surface area contributed by atoms with Crippen LogP contribution in [0.25, 0.3) is 0 Å². The van der Waals surface area contributed by atoms with Crippen LogP contribution >= 0.6 is 11.6 Å². The molecule has 2 unspecified atom stereocenters. The van der Waals surface area contributed by atoms with Crippen LogP contribution in [0, 0.1) is 13.8 Å². The van der Waals surface area contributed by atoms with Crippen LogP contribution < -0.4 is 16.4 Å². The molecule has 216 valence electrons. The lowest BCUT2D eigenvalue weighted by Gasteiger charge is -2.43. The van der Waals surface area contributed by atoms with Crippen LogP contribution in [-0.4, -0.2) is 51.5 Å². The van der Waals surface area contributed by atoms with Crippen molar-refractivity contribution in [2.24, 2.45) is 5.73 Å². The molecular formula is C29H37ClN4O6. The average molecular weight is 573 g/mol. The summed E-state index contributed by atoms with van der Waals surface area (Å²) in [6.45, 7) is 8.48. The molecule has 0 spiro atoms. The number of halogens is 1. The number of nitrogens with two attached hydrogens (primary N) is 1. The van der Waals surface area contributed by atoms with E-state index in [0.29, 0.717) is 34.7 Å². The van der Waals surface area contributed by atoms with Crippen molar-refractivity contribution in [3.05, 3.63) is 58.1 Å². The number of carbonyl (C=O) groups is 4. The van der Waals surface area contributed by atoms with Crippen LogP contribution in [0.2, 0.25) is 5.02 Å². The molecule has 0 heterocycles. The van der Waals surface area contributed by atoms with Crippen molar-refractivity contribution in [3.8, 4) is 5.75 Å². The van der Waals surface area contributed by atoms with Crippen LogP contribution in [0.5, 0.6) is 5.75 Å². The molecule has 0 bridgehead atoms. The molecule has 0 radical (unpaired) electrons. The van der Waals surface area contributed by atoms with Gasteiger partial charge in [-0.25, -0.2) is 4.79 Å². The van der Waals surface area contributed by atoms with Gasteiger partial charge in [0.1, 0.15) is 23.4 Å². The Labute approximate surface area is 239 Å². The van der Waals surface area contributed by atoms with E-state index in [0.717, 1.165) is 12.0 Å². The molecule has 0 aromatic heterocycles. The van der Waals surface area contributed by atoms with Gasteiger partial charge in [-0.05, 0) is 88.8 Å². The SMILES string of the molecule is Cc1cc(C(C(=O)Nc2c(C)cccc2Cl)N(C(=O)C(CC(N)=O)NC(=O)OC(C)(C)C)C2CCC2)ccc1O. The summed E-state index contributed by atoms with van der Waals surface area (Å²) in [6, 6.07) is 6.95. The second kappa shape index (κ2) is 12.6. The molecule has 11 heteroatoms. The maximum absolute atomic E-state index is 14.2. The Morgan fingerprint density at radius 2 is 1.80 bits per heavy atom. The van der Waals surface area contributed by atoms with Gasteiger partial charge in [0.15, 0.2) is 0 Å². The van der Waals surface area contributed by atoms with E-state index in [1.165, 1.54) is 11.0 Å². The highest BCUT2D eigenvalue weighted by Gasteiger charge is 2.42. The Bertz CT molecular complexity index is 1270. The number of phenolic OH excluding ortho intramolecular Hbond substituents is 1. The van der Waals surface area contributed by atoms with Gasteiger partial charge in [-0.1, -0.05) is 29.8 Å². The highest BCUT2D eigenvalue weighted by atomic mass is 35.5. The van der Waals surface area contributed by atoms with Gasteiger partial charge in [-0.2, -0.15) is 0 Å². The second-order valence-corrected chi connectivity index (χ2v) is 11.5. The smallest absolute Gasteiger partial charge is 0.408 e. The number of carbonyl (C=O) groups excluding carboxylic acids is 4. The summed E-state index contributed by atoms with van der Waals surface area (Å²) in [4.78, 5) is 54.2. The van der Waals surface area contributed by atoms with Gasteiger partial charge < -0.3 is 31.1 Å². The van der Waals surface area contributed by atoms with Crippen LogP contribution in [0.3, 0.4) is 0 Å². The number of amides is 4. The van der Waals surface area contributed by atoms with Crippen molar-refractivity contribution in [1.29, 1.82) is 0 Å². The number of hydrogen-bond donors (Lipinski definition) is 4. The molecule has 0 saturated heterocycles. The van der Waals surface area contributed by atoms with Crippen LogP contribution in [0.4, 0.5) is 10.5 Å². The first kappa shape index (κ1) is 30.7. The minimum Gasteiger partial charge on any atom is -0.508 e. The number of rotatable bonds is 9. The van der Waals surface area contributed by atoms with Crippen molar-refractivity contribution in [2.75, 3.05) is 5.32 Å². The third-order valence-corrected chi connectivity index (χ3v) is 6.97. The Morgan fingerprint density at radius 1 is 1.12 bits per heavy atom. The van der Waals surface area contributed by atoms with Crippen molar-refractivity contribution in [3.63, 3.8) is 0 Å². The number of nitrogens with zero attached hydrogens (tertiary/aromatic N) is 1. The van der Waals surface area contributed by atoms with Gasteiger partial charge >= 0.3 is 6.09 Å². The van der Waals surface area contributed by atoms with E-state index in [4.69, 9.17) is 22.1 Å². The zero-order valence-corrected chi connectivity index (χ0v) is 24.2.